The van der Waals surface area contributed by atoms with Gasteiger partial charge in [0.25, 0.3) is 0 Å². The summed E-state index contributed by atoms with van der Waals surface area (Å²) in [5, 5.41) is 0. The Morgan fingerprint density at radius 1 is 1.30 bits per heavy atom. The van der Waals surface area contributed by atoms with Gasteiger partial charge in [-0.05, 0) is 5.56 Å². The Hall–Kier alpha value is -1.31. The molecule has 0 saturated carbocycles. The van der Waals surface area contributed by atoms with Crippen molar-refractivity contribution in [2.45, 2.75) is 6.61 Å². The van der Waals surface area contributed by atoms with Crippen LogP contribution in [0.15, 0.2) is 30.3 Å². The maximum Gasteiger partial charge on any atom is 0.417 e. The lowest BCUT2D eigenvalue weighted by atomic mass is 10.2. The molecule has 10 heavy (non-hydrogen) atoms. The summed E-state index contributed by atoms with van der Waals surface area (Å²) >= 11 is 0. The van der Waals surface area contributed by atoms with Gasteiger partial charge in [-0.25, -0.2) is 4.79 Å². The summed E-state index contributed by atoms with van der Waals surface area (Å²) in [6.45, 7) is 1.68. The largest absolute Gasteiger partial charge is 0.452 e. The maximum atomic E-state index is 9.63. The first-order chi connectivity index (χ1) is 4.93. The van der Waals surface area contributed by atoms with Crippen LogP contribution in [-0.4, -0.2) is 6.47 Å². The van der Waals surface area contributed by atoms with Crippen molar-refractivity contribution in [2.24, 2.45) is 0 Å². The number of rotatable bonds is 3. The highest BCUT2D eigenvalue weighted by atomic mass is 16.5. The minimum Gasteiger partial charge on any atom is -0.452 e. The first-order valence-corrected chi connectivity index (χ1v) is 2.96. The van der Waals surface area contributed by atoms with Crippen LogP contribution in [-0.2, 0) is 16.1 Å². The highest BCUT2D eigenvalue weighted by Gasteiger charge is 1.88. The summed E-state index contributed by atoms with van der Waals surface area (Å²) in [7, 11) is 0. The van der Waals surface area contributed by atoms with Crippen molar-refractivity contribution in [2.75, 3.05) is 0 Å². The Labute approximate surface area is 59.4 Å². The molecule has 0 aliphatic heterocycles. The molecule has 0 aliphatic carbocycles. The van der Waals surface area contributed by atoms with Gasteiger partial charge in [-0.2, -0.15) is 0 Å². The van der Waals surface area contributed by atoms with Gasteiger partial charge < -0.3 is 4.74 Å². The third-order valence-corrected chi connectivity index (χ3v) is 1.14. The molecular weight excluding hydrogens is 128 g/mol. The van der Waals surface area contributed by atoms with Gasteiger partial charge >= 0.3 is 6.47 Å². The van der Waals surface area contributed by atoms with E-state index in [9.17, 15) is 4.79 Å². The summed E-state index contributed by atoms with van der Waals surface area (Å²) in [6.07, 6.45) is 0. The van der Waals surface area contributed by atoms with Crippen molar-refractivity contribution in [1.29, 1.82) is 0 Å². The summed E-state index contributed by atoms with van der Waals surface area (Å²) in [4.78, 5) is 9.63. The molecule has 0 heterocycles. The molecule has 2 heteroatoms. The third-order valence-electron chi connectivity index (χ3n) is 1.14. The van der Waals surface area contributed by atoms with E-state index in [1.54, 1.807) is 0 Å². The second kappa shape index (κ2) is 3.67. The predicted octanol–water partition coefficient (Wildman–Crippen LogP) is 1.27. The third kappa shape index (κ3) is 1.90. The molecule has 0 atom stereocenters. The summed E-state index contributed by atoms with van der Waals surface area (Å²) in [5.74, 6) is 0. The van der Waals surface area contributed by atoms with Gasteiger partial charge in [-0.1, -0.05) is 30.3 Å². The van der Waals surface area contributed by atoms with Gasteiger partial charge in [0.2, 0.25) is 0 Å². The van der Waals surface area contributed by atoms with Crippen molar-refractivity contribution in [1.82, 2.24) is 0 Å². The van der Waals surface area contributed by atoms with Gasteiger partial charge in [0.1, 0.15) is 6.61 Å². The van der Waals surface area contributed by atoms with Crippen LogP contribution in [0.3, 0.4) is 0 Å². The van der Waals surface area contributed by atoms with E-state index in [0.29, 0.717) is 6.61 Å². The zero-order chi connectivity index (χ0) is 7.23. The lowest BCUT2D eigenvalue weighted by molar-refractivity contribution is 0.267. The maximum absolute atomic E-state index is 9.63. The molecule has 1 radical (unpaired) electrons. The molecule has 0 fully saturated rings. The molecule has 2 nitrogen and oxygen atoms in total. The van der Waals surface area contributed by atoms with Gasteiger partial charge in [0.05, 0.1) is 0 Å². The lowest BCUT2D eigenvalue weighted by Gasteiger charge is -1.95. The molecule has 0 spiro atoms. The minimum atomic E-state index is 0.310. The van der Waals surface area contributed by atoms with Crippen LogP contribution in [0.4, 0.5) is 0 Å². The molecule has 0 N–H and O–H groups in total. The fourth-order valence-electron chi connectivity index (χ4n) is 0.687. The van der Waals surface area contributed by atoms with E-state index in [1.807, 2.05) is 30.3 Å². The number of ether oxygens (including phenoxy) is 1. The average Bonchev–Trinajstić information content (AvgIpc) is 2.03. The SMILES string of the molecule is O=[C]OCc1ccccc1. The van der Waals surface area contributed by atoms with Gasteiger partial charge in [-0.3, -0.25) is 0 Å². The van der Waals surface area contributed by atoms with E-state index >= 15 is 0 Å². The molecule has 0 bridgehead atoms. The quantitative estimate of drug-likeness (QED) is 0.623. The normalized spacial score (nSPS) is 8.80. The van der Waals surface area contributed by atoms with E-state index in [-0.39, 0.29) is 0 Å². The van der Waals surface area contributed by atoms with Crippen LogP contribution in [0.5, 0.6) is 0 Å². The van der Waals surface area contributed by atoms with E-state index in [0.717, 1.165) is 5.56 Å². The van der Waals surface area contributed by atoms with E-state index in [1.165, 1.54) is 6.47 Å². The molecule has 0 saturated heterocycles. The molecule has 0 unspecified atom stereocenters. The number of hydrogen-bond donors (Lipinski definition) is 0. The Kier molecular flexibility index (Phi) is 2.49. The van der Waals surface area contributed by atoms with Gasteiger partial charge in [0.15, 0.2) is 0 Å². The molecule has 0 aliphatic rings. The van der Waals surface area contributed by atoms with E-state index in [4.69, 9.17) is 0 Å². The second-order valence-corrected chi connectivity index (χ2v) is 1.86. The monoisotopic (exact) mass is 135 g/mol. The molecule has 51 valence electrons. The summed E-state index contributed by atoms with van der Waals surface area (Å²) < 4.78 is 4.41. The van der Waals surface area contributed by atoms with Crippen molar-refractivity contribution in [3.05, 3.63) is 35.9 Å². The lowest BCUT2D eigenvalue weighted by Crippen LogP contribution is -1.87. The number of benzene rings is 1. The van der Waals surface area contributed by atoms with E-state index < -0.39 is 0 Å². The Morgan fingerprint density at radius 2 is 2.00 bits per heavy atom. The highest BCUT2D eigenvalue weighted by Crippen LogP contribution is 1.98. The average molecular weight is 135 g/mol. The summed E-state index contributed by atoms with van der Waals surface area (Å²) in [5.41, 5.74) is 0.978. The van der Waals surface area contributed by atoms with Crippen LogP contribution in [0.2, 0.25) is 0 Å². The molecular formula is C8H7O2. The first-order valence-electron chi connectivity index (χ1n) is 2.96. The fraction of sp³-hybridized carbons (Fsp3) is 0.125. The van der Waals surface area contributed by atoms with Crippen molar-refractivity contribution < 1.29 is 9.53 Å². The fourth-order valence-corrected chi connectivity index (χ4v) is 0.687. The van der Waals surface area contributed by atoms with E-state index in [2.05, 4.69) is 4.74 Å². The molecule has 1 aromatic carbocycles. The standard InChI is InChI=1S/C8H7O2/c9-7-10-6-8-4-2-1-3-5-8/h1-5H,6H2. The molecule has 1 aromatic rings. The topological polar surface area (TPSA) is 26.3 Å². The zero-order valence-electron chi connectivity index (χ0n) is 5.41. The molecule has 0 aromatic heterocycles. The van der Waals surface area contributed by atoms with Gasteiger partial charge in [0, 0.05) is 0 Å². The van der Waals surface area contributed by atoms with Crippen LogP contribution in [0.1, 0.15) is 5.56 Å². The van der Waals surface area contributed by atoms with Crippen molar-refractivity contribution in [3.8, 4) is 0 Å². The highest BCUT2D eigenvalue weighted by molar-refractivity contribution is 5.38. The number of hydrogen-bond acceptors (Lipinski definition) is 2. The van der Waals surface area contributed by atoms with Crippen LogP contribution >= 0.6 is 0 Å². The Morgan fingerprint density at radius 3 is 2.60 bits per heavy atom. The molecule has 0 amide bonds. The Balaban J connectivity index is 2.50. The van der Waals surface area contributed by atoms with Crippen molar-refractivity contribution >= 4 is 6.47 Å². The zero-order valence-corrected chi connectivity index (χ0v) is 5.41. The predicted molar refractivity (Wildman–Crippen MR) is 36.9 cm³/mol. The minimum absolute atomic E-state index is 0.310. The van der Waals surface area contributed by atoms with Crippen LogP contribution in [0.25, 0.3) is 0 Å². The number of carbonyl (C=O) groups excluding carboxylic acids is 1. The Bertz CT molecular complexity index is 194. The van der Waals surface area contributed by atoms with Crippen LogP contribution < -0.4 is 0 Å². The first kappa shape index (κ1) is 6.81. The van der Waals surface area contributed by atoms with Gasteiger partial charge in [-0.15, -0.1) is 0 Å². The second-order valence-electron chi connectivity index (χ2n) is 1.86. The van der Waals surface area contributed by atoms with Crippen LogP contribution in [0, 0.1) is 0 Å². The summed E-state index contributed by atoms with van der Waals surface area (Å²) in [6, 6.07) is 9.47. The molecule has 1 rings (SSSR count). The van der Waals surface area contributed by atoms with Crippen molar-refractivity contribution in [3.63, 3.8) is 0 Å². The smallest absolute Gasteiger partial charge is 0.417 e.